The average Bonchev–Trinajstić information content (AvgIpc) is 2.75. The lowest BCUT2D eigenvalue weighted by atomic mass is 10.2. The van der Waals surface area contributed by atoms with Crippen molar-refractivity contribution in [1.82, 2.24) is 10.6 Å². The second-order valence-corrected chi connectivity index (χ2v) is 6.50. The Labute approximate surface area is 173 Å². The van der Waals surface area contributed by atoms with Gasteiger partial charge in [0.1, 0.15) is 6.10 Å². The number of para-hydroxylation sites is 2. The highest BCUT2D eigenvalue weighted by molar-refractivity contribution is 5.79. The van der Waals surface area contributed by atoms with Crippen molar-refractivity contribution in [3.8, 4) is 11.5 Å². The summed E-state index contributed by atoms with van der Waals surface area (Å²) in [4.78, 5) is 4.27. The zero-order chi connectivity index (χ0) is 20.9. The number of methoxy groups -OCH3 is 2. The lowest BCUT2D eigenvalue weighted by molar-refractivity contribution is 0.211. The van der Waals surface area contributed by atoms with Gasteiger partial charge in [-0.05, 0) is 36.8 Å². The number of aliphatic imine (C=N–C) groups is 1. The molecule has 0 saturated heterocycles. The maximum absolute atomic E-state index is 5.96. The molecule has 0 heterocycles. The van der Waals surface area contributed by atoms with E-state index in [1.807, 2.05) is 31.2 Å². The number of nitrogens with one attached hydrogen (secondary N) is 3. The van der Waals surface area contributed by atoms with Crippen LogP contribution in [0.2, 0.25) is 0 Å². The van der Waals surface area contributed by atoms with Crippen LogP contribution < -0.4 is 25.4 Å². The third-order valence-electron chi connectivity index (χ3n) is 4.23. The minimum absolute atomic E-state index is 0.0534. The van der Waals surface area contributed by atoms with Crippen molar-refractivity contribution in [1.29, 1.82) is 0 Å². The molecule has 1 unspecified atom stereocenters. The van der Waals surface area contributed by atoms with Crippen molar-refractivity contribution in [3.05, 3.63) is 54.1 Å². The van der Waals surface area contributed by atoms with Crippen LogP contribution in [0.5, 0.6) is 11.5 Å². The molecule has 7 nitrogen and oxygen atoms in total. The standard InChI is InChI=1S/C22H32N4O3/c1-17(29-21-8-6-5-7-20(21)28-4)15-25-22(23-2)26-16-18-9-11-19(12-10-18)24-13-14-27-3/h5-12,17,24H,13-16H2,1-4H3,(H2,23,25,26). The molecule has 0 radical (unpaired) electrons. The first-order chi connectivity index (χ1) is 14.2. The number of benzene rings is 2. The Balaban J connectivity index is 1.76. The van der Waals surface area contributed by atoms with Gasteiger partial charge in [0.15, 0.2) is 17.5 Å². The van der Waals surface area contributed by atoms with Crippen LogP contribution in [-0.2, 0) is 11.3 Å². The van der Waals surface area contributed by atoms with Crippen molar-refractivity contribution in [3.63, 3.8) is 0 Å². The number of hydrogen-bond donors (Lipinski definition) is 3. The average molecular weight is 401 g/mol. The van der Waals surface area contributed by atoms with E-state index in [9.17, 15) is 0 Å². The highest BCUT2D eigenvalue weighted by Gasteiger charge is 2.09. The van der Waals surface area contributed by atoms with Gasteiger partial charge < -0.3 is 30.2 Å². The van der Waals surface area contributed by atoms with Gasteiger partial charge in [0, 0.05) is 32.9 Å². The molecular formula is C22H32N4O3. The molecule has 0 aliphatic rings. The largest absolute Gasteiger partial charge is 0.493 e. The molecule has 2 aromatic carbocycles. The number of anilines is 1. The Morgan fingerprint density at radius 1 is 1.00 bits per heavy atom. The molecule has 0 saturated carbocycles. The molecule has 2 aromatic rings. The van der Waals surface area contributed by atoms with Crippen LogP contribution in [0.4, 0.5) is 5.69 Å². The minimum atomic E-state index is -0.0534. The number of rotatable bonds is 11. The summed E-state index contributed by atoms with van der Waals surface area (Å²) in [5, 5.41) is 9.91. The van der Waals surface area contributed by atoms with Gasteiger partial charge in [-0.3, -0.25) is 4.99 Å². The summed E-state index contributed by atoms with van der Waals surface area (Å²) < 4.78 is 16.3. The third-order valence-corrected chi connectivity index (χ3v) is 4.23. The third kappa shape index (κ3) is 7.91. The molecule has 7 heteroatoms. The van der Waals surface area contributed by atoms with Gasteiger partial charge in [-0.1, -0.05) is 24.3 Å². The quantitative estimate of drug-likeness (QED) is 0.306. The fourth-order valence-electron chi connectivity index (χ4n) is 2.66. The molecule has 3 N–H and O–H groups in total. The van der Waals surface area contributed by atoms with E-state index in [-0.39, 0.29) is 6.10 Å². The predicted molar refractivity (Wildman–Crippen MR) is 118 cm³/mol. The lowest BCUT2D eigenvalue weighted by Crippen LogP contribution is -2.41. The van der Waals surface area contributed by atoms with Gasteiger partial charge in [-0.25, -0.2) is 0 Å². The van der Waals surface area contributed by atoms with Crippen molar-refractivity contribution >= 4 is 11.6 Å². The Kier molecular flexibility index (Phi) is 9.65. The Morgan fingerprint density at radius 2 is 1.72 bits per heavy atom. The van der Waals surface area contributed by atoms with E-state index in [4.69, 9.17) is 14.2 Å². The topological polar surface area (TPSA) is 76.1 Å². The van der Waals surface area contributed by atoms with Crippen LogP contribution >= 0.6 is 0 Å². The van der Waals surface area contributed by atoms with Gasteiger partial charge >= 0.3 is 0 Å². The van der Waals surface area contributed by atoms with Crippen LogP contribution in [0.1, 0.15) is 12.5 Å². The summed E-state index contributed by atoms with van der Waals surface area (Å²) in [7, 11) is 5.09. The second-order valence-electron chi connectivity index (χ2n) is 6.50. The van der Waals surface area contributed by atoms with Crippen molar-refractivity contribution in [2.75, 3.05) is 46.3 Å². The fourth-order valence-corrected chi connectivity index (χ4v) is 2.66. The SMILES string of the molecule is CN=C(NCc1ccc(NCCOC)cc1)NCC(C)Oc1ccccc1OC. The summed E-state index contributed by atoms with van der Waals surface area (Å²) in [6, 6.07) is 15.9. The molecule has 0 aliphatic heterocycles. The summed E-state index contributed by atoms with van der Waals surface area (Å²) in [6.45, 7) is 4.77. The Bertz CT molecular complexity index is 750. The Morgan fingerprint density at radius 3 is 2.38 bits per heavy atom. The van der Waals surface area contributed by atoms with E-state index in [0.29, 0.717) is 19.7 Å². The lowest BCUT2D eigenvalue weighted by Gasteiger charge is -2.19. The van der Waals surface area contributed by atoms with E-state index < -0.39 is 0 Å². The van der Waals surface area contributed by atoms with E-state index in [0.717, 1.165) is 29.7 Å². The molecule has 0 aliphatic carbocycles. The molecule has 0 spiro atoms. The maximum Gasteiger partial charge on any atom is 0.191 e. The molecule has 0 amide bonds. The zero-order valence-electron chi connectivity index (χ0n) is 17.7. The number of hydrogen-bond acceptors (Lipinski definition) is 5. The number of guanidine groups is 1. The first-order valence-electron chi connectivity index (χ1n) is 9.72. The predicted octanol–water partition coefficient (Wildman–Crippen LogP) is 2.89. The van der Waals surface area contributed by atoms with E-state index in [1.54, 1.807) is 21.3 Å². The second kappa shape index (κ2) is 12.5. The fraction of sp³-hybridized carbons (Fsp3) is 0.409. The van der Waals surface area contributed by atoms with Gasteiger partial charge in [-0.2, -0.15) is 0 Å². The normalized spacial score (nSPS) is 12.2. The monoisotopic (exact) mass is 400 g/mol. The molecule has 29 heavy (non-hydrogen) atoms. The molecule has 1 atom stereocenters. The summed E-state index contributed by atoms with van der Waals surface area (Å²) in [5.74, 6) is 2.18. The van der Waals surface area contributed by atoms with Gasteiger partial charge in [0.25, 0.3) is 0 Å². The zero-order valence-corrected chi connectivity index (χ0v) is 17.7. The highest BCUT2D eigenvalue weighted by atomic mass is 16.5. The number of nitrogens with zero attached hydrogens (tertiary/aromatic N) is 1. The van der Waals surface area contributed by atoms with Gasteiger partial charge in [-0.15, -0.1) is 0 Å². The molecule has 0 bridgehead atoms. The molecule has 158 valence electrons. The van der Waals surface area contributed by atoms with E-state index in [2.05, 4.69) is 45.2 Å². The van der Waals surface area contributed by atoms with Crippen LogP contribution in [-0.4, -0.2) is 53.0 Å². The maximum atomic E-state index is 5.96. The number of ether oxygens (including phenoxy) is 3. The van der Waals surface area contributed by atoms with Gasteiger partial charge in [0.2, 0.25) is 0 Å². The minimum Gasteiger partial charge on any atom is -0.493 e. The van der Waals surface area contributed by atoms with Crippen LogP contribution in [0.25, 0.3) is 0 Å². The Hall–Kier alpha value is -2.93. The molecule has 2 rings (SSSR count). The van der Waals surface area contributed by atoms with Crippen LogP contribution in [0.3, 0.4) is 0 Å². The van der Waals surface area contributed by atoms with Crippen LogP contribution in [0, 0.1) is 0 Å². The molecule has 0 fully saturated rings. The van der Waals surface area contributed by atoms with Crippen molar-refractivity contribution < 1.29 is 14.2 Å². The summed E-state index contributed by atoms with van der Waals surface area (Å²) in [5.41, 5.74) is 2.25. The first kappa shape index (κ1) is 22.4. The van der Waals surface area contributed by atoms with Gasteiger partial charge in [0.05, 0.1) is 20.3 Å². The van der Waals surface area contributed by atoms with Crippen LogP contribution in [0.15, 0.2) is 53.5 Å². The van der Waals surface area contributed by atoms with E-state index >= 15 is 0 Å². The smallest absolute Gasteiger partial charge is 0.191 e. The first-order valence-corrected chi connectivity index (χ1v) is 9.72. The van der Waals surface area contributed by atoms with E-state index in [1.165, 1.54) is 5.56 Å². The molecule has 0 aromatic heterocycles. The van der Waals surface area contributed by atoms with Crippen molar-refractivity contribution in [2.45, 2.75) is 19.6 Å². The highest BCUT2D eigenvalue weighted by Crippen LogP contribution is 2.26. The molecular weight excluding hydrogens is 368 g/mol. The van der Waals surface area contributed by atoms with Crippen molar-refractivity contribution in [2.24, 2.45) is 4.99 Å². The summed E-state index contributed by atoms with van der Waals surface area (Å²) >= 11 is 0. The summed E-state index contributed by atoms with van der Waals surface area (Å²) in [6.07, 6.45) is -0.0534.